The predicted octanol–water partition coefficient (Wildman–Crippen LogP) is 1.06. The smallest absolute Gasteiger partial charge is 0.317 e. The SMILES string of the molecule is COC1CCC(NC(=O)N2CCC(C(=O)O)CC2)C1. The molecule has 108 valence electrons. The summed E-state index contributed by atoms with van der Waals surface area (Å²) < 4.78 is 5.28. The summed E-state index contributed by atoms with van der Waals surface area (Å²) in [5, 5.41) is 11.9. The molecule has 2 fully saturated rings. The fourth-order valence-corrected chi connectivity index (χ4v) is 2.88. The van der Waals surface area contributed by atoms with E-state index in [9.17, 15) is 9.59 Å². The van der Waals surface area contributed by atoms with Gasteiger partial charge in [-0.05, 0) is 32.1 Å². The lowest BCUT2D eigenvalue weighted by atomic mass is 9.97. The molecule has 6 nitrogen and oxygen atoms in total. The second-order valence-corrected chi connectivity index (χ2v) is 5.42. The van der Waals surface area contributed by atoms with E-state index in [2.05, 4.69) is 5.32 Å². The Morgan fingerprint density at radius 1 is 1.21 bits per heavy atom. The molecule has 19 heavy (non-hydrogen) atoms. The average molecular weight is 270 g/mol. The van der Waals surface area contributed by atoms with Crippen LogP contribution in [0.3, 0.4) is 0 Å². The van der Waals surface area contributed by atoms with Gasteiger partial charge < -0.3 is 20.1 Å². The molecule has 2 amide bonds. The summed E-state index contributed by atoms with van der Waals surface area (Å²) in [6.07, 6.45) is 4.16. The Bertz CT molecular complexity index is 340. The fourth-order valence-electron chi connectivity index (χ4n) is 2.88. The number of carboxylic acids is 1. The number of nitrogens with one attached hydrogen (secondary N) is 1. The number of hydrogen-bond acceptors (Lipinski definition) is 3. The molecule has 1 aliphatic heterocycles. The average Bonchev–Trinajstić information content (AvgIpc) is 2.86. The van der Waals surface area contributed by atoms with Gasteiger partial charge >= 0.3 is 12.0 Å². The maximum absolute atomic E-state index is 12.1. The van der Waals surface area contributed by atoms with Crippen molar-refractivity contribution < 1.29 is 19.4 Å². The first kappa shape index (κ1) is 14.1. The minimum atomic E-state index is -0.751. The van der Waals surface area contributed by atoms with Gasteiger partial charge in [0, 0.05) is 26.2 Å². The van der Waals surface area contributed by atoms with Crippen LogP contribution in [0.4, 0.5) is 4.79 Å². The lowest BCUT2D eigenvalue weighted by Gasteiger charge is -2.31. The molecule has 1 heterocycles. The molecule has 1 aliphatic carbocycles. The number of likely N-dealkylation sites (tertiary alicyclic amines) is 1. The summed E-state index contributed by atoms with van der Waals surface area (Å²) in [6, 6.07) is 0.125. The lowest BCUT2D eigenvalue weighted by Crippen LogP contribution is -2.48. The van der Waals surface area contributed by atoms with E-state index in [4.69, 9.17) is 9.84 Å². The molecule has 1 saturated heterocycles. The highest BCUT2D eigenvalue weighted by molar-refractivity contribution is 5.75. The second kappa shape index (κ2) is 6.23. The first-order valence-corrected chi connectivity index (χ1v) is 6.91. The number of nitrogens with zero attached hydrogens (tertiary/aromatic N) is 1. The number of rotatable bonds is 3. The Balaban J connectivity index is 1.74. The van der Waals surface area contributed by atoms with Gasteiger partial charge in [-0.1, -0.05) is 0 Å². The van der Waals surface area contributed by atoms with Crippen LogP contribution < -0.4 is 5.32 Å². The summed E-state index contributed by atoms with van der Waals surface area (Å²) in [5.41, 5.74) is 0. The third kappa shape index (κ3) is 3.59. The van der Waals surface area contributed by atoms with Crippen molar-refractivity contribution in [2.75, 3.05) is 20.2 Å². The molecule has 2 rings (SSSR count). The van der Waals surface area contributed by atoms with E-state index >= 15 is 0 Å². The molecule has 0 aromatic rings. The van der Waals surface area contributed by atoms with Crippen LogP contribution in [0.2, 0.25) is 0 Å². The molecule has 0 aromatic heterocycles. The van der Waals surface area contributed by atoms with Gasteiger partial charge in [0.25, 0.3) is 0 Å². The van der Waals surface area contributed by atoms with Gasteiger partial charge in [-0.15, -0.1) is 0 Å². The van der Waals surface area contributed by atoms with Gasteiger partial charge in [-0.2, -0.15) is 0 Å². The summed E-state index contributed by atoms with van der Waals surface area (Å²) in [4.78, 5) is 24.6. The quantitative estimate of drug-likeness (QED) is 0.803. The largest absolute Gasteiger partial charge is 0.481 e. The van der Waals surface area contributed by atoms with E-state index in [1.54, 1.807) is 12.0 Å². The van der Waals surface area contributed by atoms with E-state index in [-0.39, 0.29) is 24.1 Å². The number of methoxy groups -OCH3 is 1. The molecule has 0 radical (unpaired) electrons. The summed E-state index contributed by atoms with van der Waals surface area (Å²) in [5.74, 6) is -1.05. The van der Waals surface area contributed by atoms with Crippen molar-refractivity contribution in [3.63, 3.8) is 0 Å². The Morgan fingerprint density at radius 2 is 1.89 bits per heavy atom. The van der Waals surface area contributed by atoms with E-state index < -0.39 is 5.97 Å². The number of carboxylic acid groups (broad SMARTS) is 1. The highest BCUT2D eigenvalue weighted by Gasteiger charge is 2.30. The number of piperidine rings is 1. The van der Waals surface area contributed by atoms with Crippen LogP contribution in [0.25, 0.3) is 0 Å². The Kier molecular flexibility index (Phi) is 4.63. The van der Waals surface area contributed by atoms with Gasteiger partial charge in [0.2, 0.25) is 0 Å². The molecule has 0 aromatic carbocycles. The van der Waals surface area contributed by atoms with Crippen molar-refractivity contribution in [2.24, 2.45) is 5.92 Å². The number of amides is 2. The van der Waals surface area contributed by atoms with E-state index in [1.165, 1.54) is 0 Å². The molecule has 2 aliphatic rings. The van der Waals surface area contributed by atoms with Crippen LogP contribution in [-0.4, -0.2) is 54.4 Å². The molecule has 2 N–H and O–H groups in total. The normalized spacial score (nSPS) is 28.4. The zero-order chi connectivity index (χ0) is 13.8. The standard InChI is InChI=1S/C13H22N2O4/c1-19-11-3-2-10(8-11)14-13(18)15-6-4-9(5-7-15)12(16)17/h9-11H,2-8H2,1H3,(H,14,18)(H,16,17). The van der Waals surface area contributed by atoms with Crippen LogP contribution in [0.5, 0.6) is 0 Å². The molecular formula is C13H22N2O4. The molecule has 2 unspecified atom stereocenters. The van der Waals surface area contributed by atoms with Gasteiger partial charge in [-0.25, -0.2) is 4.79 Å². The fraction of sp³-hybridized carbons (Fsp3) is 0.846. The number of carbonyl (C=O) groups excluding carboxylic acids is 1. The minimum Gasteiger partial charge on any atom is -0.481 e. The molecule has 0 bridgehead atoms. The highest BCUT2D eigenvalue weighted by Crippen LogP contribution is 2.22. The van der Waals surface area contributed by atoms with Gasteiger partial charge in [-0.3, -0.25) is 4.79 Å². The maximum atomic E-state index is 12.1. The van der Waals surface area contributed by atoms with Crippen LogP contribution in [0.15, 0.2) is 0 Å². The third-order valence-corrected chi connectivity index (χ3v) is 4.18. The van der Waals surface area contributed by atoms with Crippen molar-refractivity contribution >= 4 is 12.0 Å². The highest BCUT2D eigenvalue weighted by atomic mass is 16.5. The summed E-state index contributed by atoms with van der Waals surface area (Å²) >= 11 is 0. The Morgan fingerprint density at radius 3 is 2.42 bits per heavy atom. The predicted molar refractivity (Wildman–Crippen MR) is 68.9 cm³/mol. The van der Waals surface area contributed by atoms with Crippen molar-refractivity contribution in [2.45, 2.75) is 44.2 Å². The zero-order valence-corrected chi connectivity index (χ0v) is 11.3. The van der Waals surface area contributed by atoms with Crippen molar-refractivity contribution in [3.05, 3.63) is 0 Å². The summed E-state index contributed by atoms with van der Waals surface area (Å²) in [6.45, 7) is 1.06. The maximum Gasteiger partial charge on any atom is 0.317 e. The van der Waals surface area contributed by atoms with Gasteiger partial charge in [0.05, 0.1) is 12.0 Å². The molecule has 0 spiro atoms. The topological polar surface area (TPSA) is 78.9 Å². The minimum absolute atomic E-state index is 0.0643. The second-order valence-electron chi connectivity index (χ2n) is 5.42. The first-order chi connectivity index (χ1) is 9.10. The molecule has 1 saturated carbocycles. The van der Waals surface area contributed by atoms with Gasteiger partial charge in [0.15, 0.2) is 0 Å². The van der Waals surface area contributed by atoms with E-state index in [0.717, 1.165) is 19.3 Å². The van der Waals surface area contributed by atoms with Crippen LogP contribution in [-0.2, 0) is 9.53 Å². The Hall–Kier alpha value is -1.30. The number of aliphatic carboxylic acids is 1. The molecule has 6 heteroatoms. The van der Waals surface area contributed by atoms with Crippen molar-refractivity contribution in [1.82, 2.24) is 10.2 Å². The monoisotopic (exact) mass is 270 g/mol. The van der Waals surface area contributed by atoms with Crippen LogP contribution in [0, 0.1) is 5.92 Å². The third-order valence-electron chi connectivity index (χ3n) is 4.18. The summed E-state index contributed by atoms with van der Waals surface area (Å²) in [7, 11) is 1.70. The van der Waals surface area contributed by atoms with Crippen LogP contribution >= 0.6 is 0 Å². The number of hydrogen-bond donors (Lipinski definition) is 2. The van der Waals surface area contributed by atoms with Crippen molar-refractivity contribution in [1.29, 1.82) is 0 Å². The number of ether oxygens (including phenoxy) is 1. The Labute approximate surface area is 113 Å². The number of urea groups is 1. The van der Waals surface area contributed by atoms with E-state index in [0.29, 0.717) is 25.9 Å². The van der Waals surface area contributed by atoms with Crippen LogP contribution in [0.1, 0.15) is 32.1 Å². The first-order valence-electron chi connectivity index (χ1n) is 6.91. The molecule has 2 atom stereocenters. The van der Waals surface area contributed by atoms with Gasteiger partial charge in [0.1, 0.15) is 0 Å². The van der Waals surface area contributed by atoms with Crippen molar-refractivity contribution in [3.8, 4) is 0 Å². The zero-order valence-electron chi connectivity index (χ0n) is 11.3. The van der Waals surface area contributed by atoms with E-state index in [1.807, 2.05) is 0 Å². The lowest BCUT2D eigenvalue weighted by molar-refractivity contribution is -0.143. The molecular weight excluding hydrogens is 248 g/mol. The number of carbonyl (C=O) groups is 2.